The average Bonchev–Trinajstić information content (AvgIpc) is 2.67. The van der Waals surface area contributed by atoms with Crippen molar-refractivity contribution >= 4 is 0 Å². The highest BCUT2D eigenvalue weighted by atomic mass is 15.0. The normalized spacial score (nSPS) is 23.3. The van der Waals surface area contributed by atoms with Gasteiger partial charge in [-0.15, -0.1) is 0 Å². The second-order valence-electron chi connectivity index (χ2n) is 3.78. The molecule has 2 nitrogen and oxygen atoms in total. The number of hydrogen-bond acceptors (Lipinski definition) is 1. The Kier molecular flexibility index (Phi) is 2.69. The van der Waals surface area contributed by atoms with Crippen molar-refractivity contribution in [1.29, 1.82) is 0 Å². The lowest BCUT2D eigenvalue weighted by molar-refractivity contribution is 0.412. The van der Waals surface area contributed by atoms with Gasteiger partial charge in [-0.2, -0.15) is 0 Å². The average molecular weight is 178 g/mol. The minimum Gasteiger partial charge on any atom is -0.354 e. The van der Waals surface area contributed by atoms with E-state index in [1.54, 1.807) is 0 Å². The lowest BCUT2D eigenvalue weighted by atomic mass is 10.0. The molecule has 2 heteroatoms. The van der Waals surface area contributed by atoms with Gasteiger partial charge in [0.2, 0.25) is 0 Å². The lowest BCUT2D eigenvalue weighted by Gasteiger charge is -2.22. The maximum atomic E-state index is 3.56. The highest BCUT2D eigenvalue weighted by Crippen LogP contribution is 2.22. The van der Waals surface area contributed by atoms with Crippen LogP contribution >= 0.6 is 0 Å². The van der Waals surface area contributed by atoms with E-state index in [9.17, 15) is 0 Å². The molecule has 0 radical (unpaired) electrons. The van der Waals surface area contributed by atoms with Gasteiger partial charge < -0.3 is 9.88 Å². The van der Waals surface area contributed by atoms with Crippen LogP contribution in [0, 0.1) is 0 Å². The highest BCUT2D eigenvalue weighted by molar-refractivity contribution is 5.15. The Bertz CT molecular complexity index is 259. The van der Waals surface area contributed by atoms with E-state index >= 15 is 0 Å². The Morgan fingerprint density at radius 2 is 2.46 bits per heavy atom. The summed E-state index contributed by atoms with van der Waals surface area (Å²) in [6.45, 7) is 4.44. The van der Waals surface area contributed by atoms with Gasteiger partial charge in [0.15, 0.2) is 0 Å². The number of aromatic nitrogens is 1. The summed E-state index contributed by atoms with van der Waals surface area (Å²) in [5.74, 6) is 0. The summed E-state index contributed by atoms with van der Waals surface area (Å²) < 4.78 is 2.24. The van der Waals surface area contributed by atoms with E-state index < -0.39 is 0 Å². The fourth-order valence-electron chi connectivity index (χ4n) is 2.00. The smallest absolute Gasteiger partial charge is 0.0335 e. The van der Waals surface area contributed by atoms with E-state index in [-0.39, 0.29) is 0 Å². The lowest BCUT2D eigenvalue weighted by Crippen LogP contribution is -2.26. The monoisotopic (exact) mass is 178 g/mol. The van der Waals surface area contributed by atoms with Gasteiger partial charge in [0.25, 0.3) is 0 Å². The molecule has 13 heavy (non-hydrogen) atoms. The van der Waals surface area contributed by atoms with Crippen LogP contribution in [-0.2, 0) is 6.54 Å². The number of rotatable bonds is 2. The van der Waals surface area contributed by atoms with Crippen LogP contribution in [0.3, 0.4) is 0 Å². The molecule has 1 aliphatic rings. The summed E-state index contributed by atoms with van der Waals surface area (Å²) in [5.41, 5.74) is 1.46. The van der Waals surface area contributed by atoms with Gasteiger partial charge in [-0.05, 0) is 37.9 Å². The number of hydrogen-bond donors (Lipinski definition) is 1. The van der Waals surface area contributed by atoms with Crippen molar-refractivity contribution in [3.05, 3.63) is 24.0 Å². The maximum Gasteiger partial charge on any atom is 0.0335 e. The maximum absolute atomic E-state index is 3.56. The first kappa shape index (κ1) is 8.82. The summed E-state index contributed by atoms with van der Waals surface area (Å²) in [6.07, 6.45) is 8.45. The third kappa shape index (κ3) is 1.94. The van der Waals surface area contributed by atoms with Crippen molar-refractivity contribution < 1.29 is 0 Å². The van der Waals surface area contributed by atoms with Crippen LogP contribution in [-0.4, -0.2) is 11.1 Å². The highest BCUT2D eigenvalue weighted by Gasteiger charge is 2.14. The van der Waals surface area contributed by atoms with Crippen LogP contribution < -0.4 is 5.32 Å². The molecule has 0 aromatic carbocycles. The van der Waals surface area contributed by atoms with E-state index in [1.165, 1.54) is 31.4 Å². The minimum atomic E-state index is 0.613. The molecule has 1 N–H and O–H groups in total. The molecule has 0 spiro atoms. The van der Waals surface area contributed by atoms with Gasteiger partial charge in [0.1, 0.15) is 0 Å². The minimum absolute atomic E-state index is 0.613. The third-order valence-electron chi connectivity index (χ3n) is 2.85. The number of piperidine rings is 1. The molecule has 2 rings (SSSR count). The largest absolute Gasteiger partial charge is 0.354 e. The van der Waals surface area contributed by atoms with Crippen molar-refractivity contribution in [3.8, 4) is 0 Å². The van der Waals surface area contributed by atoms with Gasteiger partial charge in [0.05, 0.1) is 0 Å². The molecule has 2 heterocycles. The van der Waals surface area contributed by atoms with Crippen molar-refractivity contribution in [1.82, 2.24) is 9.88 Å². The molecular formula is C11H18N2. The molecule has 0 aliphatic carbocycles. The second-order valence-corrected chi connectivity index (χ2v) is 3.78. The predicted molar refractivity (Wildman–Crippen MR) is 54.7 cm³/mol. The van der Waals surface area contributed by atoms with E-state index in [0.717, 1.165) is 6.54 Å². The first-order valence-electron chi connectivity index (χ1n) is 5.29. The molecule has 1 atom stereocenters. The topological polar surface area (TPSA) is 17.0 Å². The summed E-state index contributed by atoms with van der Waals surface area (Å²) in [5, 5.41) is 3.56. The molecule has 1 fully saturated rings. The summed E-state index contributed by atoms with van der Waals surface area (Å²) in [7, 11) is 0. The first-order chi connectivity index (χ1) is 6.40. The number of nitrogens with zero attached hydrogens (tertiary/aromatic N) is 1. The molecule has 0 amide bonds. The Hall–Kier alpha value is -0.760. The van der Waals surface area contributed by atoms with Gasteiger partial charge in [-0.1, -0.05) is 6.42 Å². The molecule has 0 saturated carbocycles. The van der Waals surface area contributed by atoms with Crippen LogP contribution in [0.5, 0.6) is 0 Å². The molecule has 1 saturated heterocycles. The van der Waals surface area contributed by atoms with Crippen molar-refractivity contribution in [2.45, 2.75) is 38.8 Å². The third-order valence-corrected chi connectivity index (χ3v) is 2.85. The van der Waals surface area contributed by atoms with Gasteiger partial charge >= 0.3 is 0 Å². The van der Waals surface area contributed by atoms with E-state index in [4.69, 9.17) is 0 Å². The summed E-state index contributed by atoms with van der Waals surface area (Å²) in [4.78, 5) is 0. The Morgan fingerprint density at radius 1 is 1.54 bits per heavy atom. The molecule has 1 aromatic rings. The van der Waals surface area contributed by atoms with Crippen LogP contribution in [0.1, 0.15) is 37.8 Å². The molecule has 1 unspecified atom stereocenters. The quantitative estimate of drug-likeness (QED) is 0.735. The molecule has 1 aliphatic heterocycles. The predicted octanol–water partition coefficient (Wildman–Crippen LogP) is 2.32. The van der Waals surface area contributed by atoms with Gasteiger partial charge in [-0.3, -0.25) is 0 Å². The van der Waals surface area contributed by atoms with Crippen molar-refractivity contribution in [3.63, 3.8) is 0 Å². The van der Waals surface area contributed by atoms with Gasteiger partial charge in [-0.25, -0.2) is 0 Å². The molecular weight excluding hydrogens is 160 g/mol. The van der Waals surface area contributed by atoms with E-state index in [2.05, 4.69) is 35.3 Å². The zero-order valence-electron chi connectivity index (χ0n) is 8.29. The van der Waals surface area contributed by atoms with Crippen LogP contribution in [0.2, 0.25) is 0 Å². The van der Waals surface area contributed by atoms with Crippen molar-refractivity contribution in [2.75, 3.05) is 6.54 Å². The number of aryl methyl sites for hydroxylation is 1. The number of nitrogens with one attached hydrogen (secondary N) is 1. The zero-order chi connectivity index (χ0) is 9.10. The SMILES string of the molecule is CCn1ccc(C2CCCCN2)c1. The standard InChI is InChI=1S/C11H18N2/c1-2-13-8-6-10(9-13)11-5-3-4-7-12-11/h6,8-9,11-12H,2-5,7H2,1H3. The fraction of sp³-hybridized carbons (Fsp3) is 0.636. The molecule has 72 valence electrons. The Labute approximate surface area is 79.9 Å². The van der Waals surface area contributed by atoms with Crippen LogP contribution in [0.25, 0.3) is 0 Å². The van der Waals surface area contributed by atoms with E-state index in [0.29, 0.717) is 6.04 Å². The zero-order valence-corrected chi connectivity index (χ0v) is 8.29. The van der Waals surface area contributed by atoms with Gasteiger partial charge in [0, 0.05) is 25.0 Å². The molecule has 0 bridgehead atoms. The summed E-state index contributed by atoms with van der Waals surface area (Å²) >= 11 is 0. The Balaban J connectivity index is 2.05. The van der Waals surface area contributed by atoms with Crippen LogP contribution in [0.4, 0.5) is 0 Å². The summed E-state index contributed by atoms with van der Waals surface area (Å²) in [6, 6.07) is 2.86. The van der Waals surface area contributed by atoms with Crippen molar-refractivity contribution in [2.24, 2.45) is 0 Å². The molecule has 1 aromatic heterocycles. The fourth-order valence-corrected chi connectivity index (χ4v) is 2.00. The Morgan fingerprint density at radius 3 is 3.08 bits per heavy atom. The first-order valence-corrected chi connectivity index (χ1v) is 5.29. The second kappa shape index (κ2) is 3.97. The van der Waals surface area contributed by atoms with Crippen LogP contribution in [0.15, 0.2) is 18.5 Å². The van der Waals surface area contributed by atoms with E-state index in [1.807, 2.05) is 0 Å².